The average Bonchev–Trinajstić information content (AvgIpc) is 3.12. The summed E-state index contributed by atoms with van der Waals surface area (Å²) in [6, 6.07) is 7.76. The molecule has 150 valence electrons. The molecule has 8 heteroatoms. The summed E-state index contributed by atoms with van der Waals surface area (Å²) in [4.78, 5) is 31.4. The molecule has 2 N–H and O–H groups in total. The second-order valence-electron chi connectivity index (χ2n) is 6.65. The fourth-order valence-electron chi connectivity index (χ4n) is 2.93. The first-order chi connectivity index (χ1) is 12.4. The van der Waals surface area contributed by atoms with Gasteiger partial charge in [0.05, 0.1) is 0 Å². The van der Waals surface area contributed by atoms with Gasteiger partial charge in [0.2, 0.25) is 5.91 Å². The summed E-state index contributed by atoms with van der Waals surface area (Å²) in [5, 5.41) is 6.66. The SMILES string of the molecule is CCC(=O)N1CCC(NC(=NC)NCc2ccc(C(=O)N(C)C)cc2)C1.I. The van der Waals surface area contributed by atoms with Crippen molar-refractivity contribution in [3.05, 3.63) is 35.4 Å². The Hall–Kier alpha value is -1.84. The van der Waals surface area contributed by atoms with Crippen molar-refractivity contribution in [1.82, 2.24) is 20.4 Å². The molecule has 7 nitrogen and oxygen atoms in total. The minimum atomic E-state index is -0.00519. The number of amides is 2. The Morgan fingerprint density at radius 2 is 1.93 bits per heavy atom. The van der Waals surface area contributed by atoms with Crippen molar-refractivity contribution in [3.63, 3.8) is 0 Å². The van der Waals surface area contributed by atoms with Gasteiger partial charge in [-0.1, -0.05) is 19.1 Å². The molecular weight excluding hydrogens is 457 g/mol. The summed E-state index contributed by atoms with van der Waals surface area (Å²) in [6.45, 7) is 4.01. The van der Waals surface area contributed by atoms with E-state index in [1.54, 1.807) is 26.0 Å². The Balaban J connectivity index is 0.00000364. The third kappa shape index (κ3) is 6.67. The third-order valence-electron chi connectivity index (χ3n) is 4.47. The van der Waals surface area contributed by atoms with Crippen molar-refractivity contribution in [3.8, 4) is 0 Å². The van der Waals surface area contributed by atoms with Crippen molar-refractivity contribution in [2.24, 2.45) is 4.99 Å². The van der Waals surface area contributed by atoms with Crippen molar-refractivity contribution in [2.75, 3.05) is 34.2 Å². The second kappa shape index (κ2) is 11.1. The van der Waals surface area contributed by atoms with Crippen LogP contribution in [0.25, 0.3) is 0 Å². The molecule has 1 unspecified atom stereocenters. The van der Waals surface area contributed by atoms with E-state index in [0.717, 1.165) is 18.5 Å². The zero-order valence-electron chi connectivity index (χ0n) is 16.5. The summed E-state index contributed by atoms with van der Waals surface area (Å²) in [6.07, 6.45) is 1.47. The zero-order valence-corrected chi connectivity index (χ0v) is 18.8. The van der Waals surface area contributed by atoms with E-state index in [-0.39, 0.29) is 41.8 Å². The molecule has 1 aliphatic rings. The monoisotopic (exact) mass is 487 g/mol. The van der Waals surface area contributed by atoms with Crippen LogP contribution in [-0.4, -0.2) is 67.8 Å². The first kappa shape index (κ1) is 23.2. The fraction of sp³-hybridized carbons (Fsp3) is 0.526. The van der Waals surface area contributed by atoms with Crippen molar-refractivity contribution >= 4 is 41.8 Å². The first-order valence-electron chi connectivity index (χ1n) is 9.00. The predicted octanol–water partition coefficient (Wildman–Crippen LogP) is 1.68. The van der Waals surface area contributed by atoms with Gasteiger partial charge in [-0.15, -0.1) is 24.0 Å². The maximum Gasteiger partial charge on any atom is 0.253 e. The van der Waals surface area contributed by atoms with E-state index < -0.39 is 0 Å². The summed E-state index contributed by atoms with van der Waals surface area (Å²) >= 11 is 0. The molecule has 0 radical (unpaired) electrons. The minimum absolute atomic E-state index is 0. The number of carbonyl (C=O) groups excluding carboxylic acids is 2. The lowest BCUT2D eigenvalue weighted by atomic mass is 10.1. The molecule has 1 aromatic rings. The number of benzene rings is 1. The van der Waals surface area contributed by atoms with Crippen molar-refractivity contribution in [2.45, 2.75) is 32.4 Å². The quantitative estimate of drug-likeness (QED) is 0.377. The Morgan fingerprint density at radius 1 is 1.26 bits per heavy atom. The van der Waals surface area contributed by atoms with Crippen LogP contribution in [0.3, 0.4) is 0 Å². The van der Waals surface area contributed by atoms with Gasteiger partial charge in [-0.25, -0.2) is 0 Å². The van der Waals surface area contributed by atoms with Gasteiger partial charge in [0.1, 0.15) is 0 Å². The number of guanidine groups is 1. The maximum atomic E-state index is 11.9. The molecule has 0 spiro atoms. The Morgan fingerprint density at radius 3 is 2.48 bits per heavy atom. The van der Waals surface area contributed by atoms with Crippen LogP contribution in [0.2, 0.25) is 0 Å². The molecule has 0 saturated carbocycles. The van der Waals surface area contributed by atoms with Gasteiger partial charge in [0.25, 0.3) is 5.91 Å². The van der Waals surface area contributed by atoms with Gasteiger partial charge in [-0.05, 0) is 24.1 Å². The van der Waals surface area contributed by atoms with Crippen molar-refractivity contribution in [1.29, 1.82) is 0 Å². The van der Waals surface area contributed by atoms with Crippen LogP contribution in [-0.2, 0) is 11.3 Å². The van der Waals surface area contributed by atoms with Gasteiger partial charge >= 0.3 is 0 Å². The van der Waals surface area contributed by atoms with Crippen LogP contribution in [0.15, 0.2) is 29.3 Å². The second-order valence-corrected chi connectivity index (χ2v) is 6.65. The van der Waals surface area contributed by atoms with Gasteiger partial charge in [0.15, 0.2) is 5.96 Å². The van der Waals surface area contributed by atoms with Crippen LogP contribution >= 0.6 is 24.0 Å². The molecule has 1 heterocycles. The molecule has 0 bridgehead atoms. The summed E-state index contributed by atoms with van der Waals surface area (Å²) in [7, 11) is 5.22. The van der Waals surface area contributed by atoms with E-state index in [4.69, 9.17) is 0 Å². The van der Waals surface area contributed by atoms with Crippen LogP contribution in [0.4, 0.5) is 0 Å². The molecule has 1 saturated heterocycles. The highest BCUT2D eigenvalue weighted by molar-refractivity contribution is 14.0. The summed E-state index contributed by atoms with van der Waals surface area (Å²) in [5.41, 5.74) is 1.74. The predicted molar refractivity (Wildman–Crippen MR) is 118 cm³/mol. The van der Waals surface area contributed by atoms with E-state index in [9.17, 15) is 9.59 Å². The van der Waals surface area contributed by atoms with Crippen molar-refractivity contribution < 1.29 is 9.59 Å². The van der Waals surface area contributed by atoms with E-state index in [0.29, 0.717) is 31.0 Å². The molecule has 1 aromatic carbocycles. The van der Waals surface area contributed by atoms with E-state index in [2.05, 4.69) is 15.6 Å². The summed E-state index contributed by atoms with van der Waals surface area (Å²) in [5.74, 6) is 0.910. The number of aliphatic imine (C=N–C) groups is 1. The zero-order chi connectivity index (χ0) is 19.1. The fourth-order valence-corrected chi connectivity index (χ4v) is 2.93. The van der Waals surface area contributed by atoms with E-state index >= 15 is 0 Å². The van der Waals surface area contributed by atoms with Crippen LogP contribution in [0, 0.1) is 0 Å². The number of likely N-dealkylation sites (tertiary alicyclic amines) is 1. The molecule has 0 aliphatic carbocycles. The largest absolute Gasteiger partial charge is 0.352 e. The van der Waals surface area contributed by atoms with Gasteiger partial charge < -0.3 is 20.4 Å². The molecule has 0 aromatic heterocycles. The average molecular weight is 487 g/mol. The number of nitrogens with zero attached hydrogens (tertiary/aromatic N) is 3. The molecule has 1 aliphatic heterocycles. The summed E-state index contributed by atoms with van der Waals surface area (Å²) < 4.78 is 0. The van der Waals surface area contributed by atoms with E-state index in [1.807, 2.05) is 36.1 Å². The minimum Gasteiger partial charge on any atom is -0.352 e. The number of nitrogens with one attached hydrogen (secondary N) is 2. The molecule has 2 rings (SSSR count). The smallest absolute Gasteiger partial charge is 0.253 e. The van der Waals surface area contributed by atoms with Crippen LogP contribution in [0.1, 0.15) is 35.7 Å². The van der Waals surface area contributed by atoms with Gasteiger partial charge in [-0.2, -0.15) is 0 Å². The molecule has 1 fully saturated rings. The number of rotatable bonds is 5. The normalized spacial score (nSPS) is 16.5. The van der Waals surface area contributed by atoms with Gasteiger partial charge in [-0.3, -0.25) is 14.6 Å². The molecular formula is C19H30IN5O2. The van der Waals surface area contributed by atoms with Crippen LogP contribution < -0.4 is 10.6 Å². The number of carbonyl (C=O) groups is 2. The topological polar surface area (TPSA) is 77.0 Å². The Bertz CT molecular complexity index is 661. The standard InChI is InChI=1S/C19H29N5O2.HI/c1-5-17(25)24-11-10-16(13-24)22-19(20-2)21-12-14-6-8-15(9-7-14)18(26)23(3)4;/h6-9,16H,5,10-13H2,1-4H3,(H2,20,21,22);1H. The highest BCUT2D eigenvalue weighted by atomic mass is 127. The number of halogens is 1. The maximum absolute atomic E-state index is 11.9. The molecule has 2 amide bonds. The lowest BCUT2D eigenvalue weighted by Crippen LogP contribution is -2.44. The van der Waals surface area contributed by atoms with Crippen LogP contribution in [0.5, 0.6) is 0 Å². The molecule has 27 heavy (non-hydrogen) atoms. The highest BCUT2D eigenvalue weighted by Crippen LogP contribution is 2.10. The first-order valence-corrected chi connectivity index (χ1v) is 9.00. The third-order valence-corrected chi connectivity index (χ3v) is 4.47. The van der Waals surface area contributed by atoms with E-state index in [1.165, 1.54) is 0 Å². The number of hydrogen-bond donors (Lipinski definition) is 2. The highest BCUT2D eigenvalue weighted by Gasteiger charge is 2.25. The Labute approximate surface area is 178 Å². The lowest BCUT2D eigenvalue weighted by Gasteiger charge is -2.19. The lowest BCUT2D eigenvalue weighted by molar-refractivity contribution is -0.129. The molecule has 1 atom stereocenters. The Kier molecular flexibility index (Phi) is 9.54. The number of hydrogen-bond acceptors (Lipinski definition) is 3. The van der Waals surface area contributed by atoms with Gasteiger partial charge in [0, 0.05) is 58.8 Å².